The van der Waals surface area contributed by atoms with Gasteiger partial charge in [-0.15, -0.1) is 0 Å². The summed E-state index contributed by atoms with van der Waals surface area (Å²) < 4.78 is 61.6. The lowest BCUT2D eigenvalue weighted by Crippen LogP contribution is -2.15. The van der Waals surface area contributed by atoms with Crippen molar-refractivity contribution in [2.45, 2.75) is 12.6 Å². The van der Waals surface area contributed by atoms with E-state index in [1.54, 1.807) is 0 Å². The maximum absolute atomic E-state index is 12.4. The topological polar surface area (TPSA) is 38.9 Å². The molecule has 0 atom stereocenters. The van der Waals surface area contributed by atoms with Crippen molar-refractivity contribution in [3.8, 4) is 0 Å². The monoisotopic (exact) mass is 338 g/mol. The molecule has 2 nitrogen and oxygen atoms in total. The fraction of sp³-hybridized carbons (Fsp3) is 0.286. The fourth-order valence-corrected chi connectivity index (χ4v) is 1.39. The van der Waals surface area contributed by atoms with Crippen LogP contribution < -0.4 is 5.73 Å². The first kappa shape index (κ1) is 12.4. The van der Waals surface area contributed by atoms with Crippen molar-refractivity contribution in [2.24, 2.45) is 0 Å². The molecule has 1 heterocycles. The SMILES string of the molecule is Nc1c(I)cnc(C(F)(F)F)c1C(F)F. The third-order valence-corrected chi connectivity index (χ3v) is 2.46. The Kier molecular flexibility index (Phi) is 3.36. The molecule has 0 bridgehead atoms. The zero-order valence-corrected chi connectivity index (χ0v) is 9.10. The molecule has 0 unspecified atom stereocenters. The molecule has 0 aromatic carbocycles. The molecule has 0 saturated heterocycles. The molecule has 0 fully saturated rings. The summed E-state index contributed by atoms with van der Waals surface area (Å²) in [6.07, 6.45) is -7.42. The number of hydrogen-bond acceptors (Lipinski definition) is 2. The van der Waals surface area contributed by atoms with Crippen molar-refractivity contribution in [1.82, 2.24) is 4.98 Å². The van der Waals surface area contributed by atoms with Gasteiger partial charge in [0.2, 0.25) is 0 Å². The minimum atomic E-state index is -4.93. The highest BCUT2D eigenvalue weighted by atomic mass is 127. The molecule has 0 aliphatic heterocycles. The van der Waals surface area contributed by atoms with Crippen LogP contribution in [0.5, 0.6) is 0 Å². The predicted octanol–water partition coefficient (Wildman–Crippen LogP) is 3.22. The molecule has 0 radical (unpaired) electrons. The Hall–Kier alpha value is -0.670. The van der Waals surface area contributed by atoms with Crippen LogP contribution in [0.4, 0.5) is 27.6 Å². The maximum Gasteiger partial charge on any atom is 0.433 e. The number of rotatable bonds is 1. The van der Waals surface area contributed by atoms with E-state index in [-0.39, 0.29) is 3.57 Å². The molecule has 0 saturated carbocycles. The molecule has 0 aliphatic carbocycles. The number of aromatic nitrogens is 1. The molecule has 0 aliphatic rings. The van der Waals surface area contributed by atoms with Crippen molar-refractivity contribution < 1.29 is 22.0 Å². The summed E-state index contributed by atoms with van der Waals surface area (Å²) in [6, 6.07) is 0. The summed E-state index contributed by atoms with van der Waals surface area (Å²) in [4.78, 5) is 2.94. The zero-order chi connectivity index (χ0) is 11.8. The lowest BCUT2D eigenvalue weighted by molar-refractivity contribution is -0.143. The van der Waals surface area contributed by atoms with Crippen LogP contribution in [0.2, 0.25) is 0 Å². The van der Waals surface area contributed by atoms with Gasteiger partial charge in [-0.25, -0.2) is 8.78 Å². The Balaban J connectivity index is 3.47. The van der Waals surface area contributed by atoms with Crippen molar-refractivity contribution in [2.75, 3.05) is 5.73 Å². The summed E-state index contributed by atoms with van der Waals surface area (Å²) in [5, 5.41) is 0. The van der Waals surface area contributed by atoms with Crippen LogP contribution in [0.15, 0.2) is 6.20 Å². The zero-order valence-electron chi connectivity index (χ0n) is 6.95. The van der Waals surface area contributed by atoms with E-state index in [9.17, 15) is 22.0 Å². The van der Waals surface area contributed by atoms with Crippen LogP contribution >= 0.6 is 22.6 Å². The third kappa shape index (κ3) is 2.47. The fourth-order valence-electron chi connectivity index (χ4n) is 0.963. The second kappa shape index (κ2) is 4.06. The molecule has 1 rings (SSSR count). The molecule has 1 aromatic rings. The van der Waals surface area contributed by atoms with E-state index in [1.807, 2.05) is 0 Å². The van der Waals surface area contributed by atoms with E-state index in [0.29, 0.717) is 0 Å². The Morgan fingerprint density at radius 1 is 1.33 bits per heavy atom. The number of alkyl halides is 5. The van der Waals surface area contributed by atoms with Crippen molar-refractivity contribution in [3.05, 3.63) is 21.0 Å². The van der Waals surface area contributed by atoms with Crippen molar-refractivity contribution in [3.63, 3.8) is 0 Å². The summed E-state index contributed by atoms with van der Waals surface area (Å²) in [5.74, 6) is 0. The van der Waals surface area contributed by atoms with Crippen LogP contribution in [0, 0.1) is 3.57 Å². The van der Waals surface area contributed by atoms with Gasteiger partial charge in [0.15, 0.2) is 5.69 Å². The molecule has 1 aromatic heterocycles. The van der Waals surface area contributed by atoms with Gasteiger partial charge >= 0.3 is 6.18 Å². The molecular formula is C7H4F5IN2. The lowest BCUT2D eigenvalue weighted by atomic mass is 10.1. The van der Waals surface area contributed by atoms with Crippen LogP contribution in [-0.2, 0) is 6.18 Å². The van der Waals surface area contributed by atoms with E-state index in [1.165, 1.54) is 22.6 Å². The third-order valence-electron chi connectivity index (χ3n) is 1.60. The highest BCUT2D eigenvalue weighted by Gasteiger charge is 2.39. The van der Waals surface area contributed by atoms with Gasteiger partial charge in [0, 0.05) is 6.20 Å². The highest BCUT2D eigenvalue weighted by molar-refractivity contribution is 14.1. The largest absolute Gasteiger partial charge is 0.433 e. The Labute approximate surface area is 94.8 Å². The van der Waals surface area contributed by atoms with Gasteiger partial charge in [0.25, 0.3) is 6.43 Å². The van der Waals surface area contributed by atoms with Gasteiger partial charge in [-0.1, -0.05) is 0 Å². The first-order valence-electron chi connectivity index (χ1n) is 3.54. The van der Waals surface area contributed by atoms with Crippen LogP contribution in [0.1, 0.15) is 17.7 Å². The molecule has 8 heteroatoms. The number of nitrogen functional groups attached to an aromatic ring is 1. The second-order valence-electron chi connectivity index (χ2n) is 2.58. The lowest BCUT2D eigenvalue weighted by Gasteiger charge is -2.13. The van der Waals surface area contributed by atoms with Crippen molar-refractivity contribution >= 4 is 28.3 Å². The summed E-state index contributed by atoms with van der Waals surface area (Å²) >= 11 is 1.54. The van der Waals surface area contributed by atoms with Crippen LogP contribution in [0.25, 0.3) is 0 Å². The smallest absolute Gasteiger partial charge is 0.397 e. The molecule has 2 N–H and O–H groups in total. The van der Waals surface area contributed by atoms with Gasteiger partial charge in [-0.2, -0.15) is 13.2 Å². The number of hydrogen-bond donors (Lipinski definition) is 1. The summed E-state index contributed by atoms with van der Waals surface area (Å²) in [5.41, 5.74) is 1.69. The van der Waals surface area contributed by atoms with Crippen molar-refractivity contribution in [1.29, 1.82) is 0 Å². The Bertz CT molecular complexity index is 376. The summed E-state index contributed by atoms with van der Waals surface area (Å²) in [7, 11) is 0. The molecule has 0 amide bonds. The number of nitrogens with zero attached hydrogens (tertiary/aromatic N) is 1. The average Bonchev–Trinajstić information content (AvgIpc) is 2.06. The quantitative estimate of drug-likeness (QED) is 0.631. The molecular weight excluding hydrogens is 334 g/mol. The van der Waals surface area contributed by atoms with E-state index in [4.69, 9.17) is 5.73 Å². The van der Waals surface area contributed by atoms with Gasteiger partial charge < -0.3 is 5.73 Å². The second-order valence-corrected chi connectivity index (χ2v) is 3.74. The van der Waals surface area contributed by atoms with E-state index < -0.39 is 29.5 Å². The molecule has 84 valence electrons. The standard InChI is InChI=1S/C7H4F5IN2/c8-6(9)3-4(14)2(13)1-15-5(3)7(10,11)12/h1,6H,(H2,14,15). The van der Waals surface area contributed by atoms with E-state index in [0.717, 1.165) is 6.20 Å². The minimum Gasteiger partial charge on any atom is -0.397 e. The van der Waals surface area contributed by atoms with Crippen LogP contribution in [-0.4, -0.2) is 4.98 Å². The summed E-state index contributed by atoms with van der Waals surface area (Å²) in [6.45, 7) is 0. The predicted molar refractivity (Wildman–Crippen MR) is 51.3 cm³/mol. The van der Waals surface area contributed by atoms with Gasteiger partial charge in [-0.3, -0.25) is 4.98 Å². The normalized spacial score (nSPS) is 12.2. The first-order chi connectivity index (χ1) is 6.75. The Morgan fingerprint density at radius 3 is 2.27 bits per heavy atom. The number of pyridine rings is 1. The Morgan fingerprint density at radius 2 is 1.87 bits per heavy atom. The first-order valence-corrected chi connectivity index (χ1v) is 4.62. The minimum absolute atomic E-state index is 0.0656. The highest BCUT2D eigenvalue weighted by Crippen LogP contribution is 2.38. The maximum atomic E-state index is 12.4. The number of halogens is 6. The van der Waals surface area contributed by atoms with Gasteiger partial charge in [0.1, 0.15) is 0 Å². The average molecular weight is 338 g/mol. The molecule has 15 heavy (non-hydrogen) atoms. The van der Waals surface area contributed by atoms with Crippen LogP contribution in [0.3, 0.4) is 0 Å². The van der Waals surface area contributed by atoms with Gasteiger partial charge in [-0.05, 0) is 22.6 Å². The van der Waals surface area contributed by atoms with Gasteiger partial charge in [0.05, 0.1) is 14.8 Å². The van der Waals surface area contributed by atoms with E-state index in [2.05, 4.69) is 4.98 Å². The number of anilines is 1. The molecule has 0 spiro atoms. The number of nitrogens with two attached hydrogens (primary N) is 1. The van der Waals surface area contributed by atoms with E-state index >= 15 is 0 Å².